The summed E-state index contributed by atoms with van der Waals surface area (Å²) in [6, 6.07) is 23.6. The van der Waals surface area contributed by atoms with E-state index in [1.54, 1.807) is 0 Å². The molecule has 264 valence electrons. The highest BCUT2D eigenvalue weighted by Crippen LogP contribution is 2.38. The van der Waals surface area contributed by atoms with E-state index in [4.69, 9.17) is 5.10 Å². The second kappa shape index (κ2) is 12.7. The predicted molar refractivity (Wildman–Crippen MR) is 217 cm³/mol. The van der Waals surface area contributed by atoms with Gasteiger partial charge in [-0.05, 0) is 108 Å². The molecule has 0 spiro atoms. The zero-order valence-electron chi connectivity index (χ0n) is 34.3. The predicted octanol–water partition coefficient (Wildman–Crippen LogP) is 13.5. The van der Waals surface area contributed by atoms with Gasteiger partial charge in [0.05, 0.1) is 17.1 Å². The fourth-order valence-corrected chi connectivity index (χ4v) is 5.92. The van der Waals surface area contributed by atoms with Gasteiger partial charge >= 0.3 is 0 Å². The zero-order chi connectivity index (χ0) is 37.1. The van der Waals surface area contributed by atoms with Crippen molar-refractivity contribution >= 4 is 12.2 Å². The van der Waals surface area contributed by atoms with Gasteiger partial charge in [0, 0.05) is 5.56 Å². The van der Waals surface area contributed by atoms with Crippen LogP contribution in [-0.4, -0.2) is 9.78 Å². The normalized spacial score (nSPS) is 13.8. The summed E-state index contributed by atoms with van der Waals surface area (Å²) in [6.45, 7) is 41.5. The van der Waals surface area contributed by atoms with Gasteiger partial charge in [-0.25, -0.2) is 4.68 Å². The van der Waals surface area contributed by atoms with Crippen LogP contribution in [0.2, 0.25) is 0 Å². The summed E-state index contributed by atoms with van der Waals surface area (Å²) >= 11 is 0. The molecule has 1 aromatic heterocycles. The summed E-state index contributed by atoms with van der Waals surface area (Å²) in [5, 5.41) is 5.37. The molecule has 0 fully saturated rings. The molecule has 2 heteroatoms. The van der Waals surface area contributed by atoms with E-state index < -0.39 is 0 Å². The molecule has 0 atom stereocenters. The second-order valence-corrected chi connectivity index (χ2v) is 20.6. The molecule has 0 N–H and O–H groups in total. The van der Waals surface area contributed by atoms with E-state index in [9.17, 15) is 0 Å². The average molecular weight is 659 g/mol. The highest BCUT2D eigenvalue weighted by Gasteiger charge is 2.25. The number of rotatable bonds is 4. The third kappa shape index (κ3) is 9.24. The Bertz CT molecular complexity index is 1640. The van der Waals surface area contributed by atoms with Crippen molar-refractivity contribution in [2.45, 2.75) is 157 Å². The van der Waals surface area contributed by atoms with E-state index in [0.717, 1.165) is 17.1 Å². The Hall–Kier alpha value is -3.39. The standard InChI is InChI=1S/C47H66N2/c1-42(2,3)33-21-31(22-34(25-33)43(4,5)6)19-20-39-30-41(32-23-35(44(7,8)9)26-36(24-32)45(10,11)12)49(48-39)40-28-37(46(13,14)15)27-38(29-40)47(16,17)18/h19-30H,1-18H3. The lowest BCUT2D eigenvalue weighted by atomic mass is 9.79. The average Bonchev–Trinajstić information content (AvgIpc) is 3.37. The molecule has 0 radical (unpaired) electrons. The molecule has 0 amide bonds. The molecule has 4 rings (SSSR count). The van der Waals surface area contributed by atoms with Crippen LogP contribution in [0.15, 0.2) is 60.7 Å². The third-order valence-corrected chi connectivity index (χ3v) is 9.72. The summed E-state index contributed by atoms with van der Waals surface area (Å²) in [5.41, 5.74) is 13.8. The van der Waals surface area contributed by atoms with Gasteiger partial charge in [-0.2, -0.15) is 5.10 Å². The molecule has 0 aliphatic heterocycles. The minimum Gasteiger partial charge on any atom is -0.232 e. The molecule has 3 aromatic carbocycles. The van der Waals surface area contributed by atoms with Gasteiger partial charge in [-0.1, -0.05) is 161 Å². The van der Waals surface area contributed by atoms with Crippen molar-refractivity contribution in [3.8, 4) is 16.9 Å². The van der Waals surface area contributed by atoms with Crippen LogP contribution in [-0.2, 0) is 32.5 Å². The molecular weight excluding hydrogens is 593 g/mol. The minimum atomic E-state index is 0.000444. The molecular formula is C47H66N2. The first-order valence-corrected chi connectivity index (χ1v) is 18.3. The van der Waals surface area contributed by atoms with E-state index in [0.29, 0.717) is 0 Å². The summed E-state index contributed by atoms with van der Waals surface area (Å²) in [5.74, 6) is 0. The molecule has 49 heavy (non-hydrogen) atoms. The summed E-state index contributed by atoms with van der Waals surface area (Å²) in [6.07, 6.45) is 4.45. The van der Waals surface area contributed by atoms with Crippen molar-refractivity contribution in [2.24, 2.45) is 0 Å². The van der Waals surface area contributed by atoms with E-state index in [-0.39, 0.29) is 32.5 Å². The Morgan fingerprint density at radius 3 is 1.06 bits per heavy atom. The van der Waals surface area contributed by atoms with Crippen LogP contribution in [0.4, 0.5) is 0 Å². The first kappa shape index (κ1) is 38.4. The van der Waals surface area contributed by atoms with Crippen molar-refractivity contribution in [2.75, 3.05) is 0 Å². The maximum Gasteiger partial charge on any atom is 0.0862 e. The minimum absolute atomic E-state index is 0.000444. The van der Waals surface area contributed by atoms with Crippen LogP contribution in [0, 0.1) is 0 Å². The fraction of sp³-hybridized carbons (Fsp3) is 0.511. The first-order chi connectivity index (χ1) is 22.0. The molecule has 0 saturated heterocycles. The Labute approximate surface area is 300 Å². The molecule has 0 aliphatic carbocycles. The van der Waals surface area contributed by atoms with Crippen LogP contribution in [0.1, 0.15) is 169 Å². The summed E-state index contributed by atoms with van der Waals surface area (Å²) in [7, 11) is 0. The lowest BCUT2D eigenvalue weighted by molar-refractivity contribution is 0.566. The van der Waals surface area contributed by atoms with E-state index in [2.05, 4.69) is 202 Å². The van der Waals surface area contributed by atoms with Gasteiger partial charge < -0.3 is 0 Å². The van der Waals surface area contributed by atoms with E-state index >= 15 is 0 Å². The van der Waals surface area contributed by atoms with Gasteiger partial charge in [0.25, 0.3) is 0 Å². The Kier molecular flexibility index (Phi) is 9.99. The van der Waals surface area contributed by atoms with Gasteiger partial charge in [-0.3, -0.25) is 0 Å². The highest BCUT2D eigenvalue weighted by molar-refractivity contribution is 5.74. The second-order valence-electron chi connectivity index (χ2n) is 20.6. The first-order valence-electron chi connectivity index (χ1n) is 18.3. The number of nitrogens with zero attached hydrogens (tertiary/aromatic N) is 2. The summed E-state index contributed by atoms with van der Waals surface area (Å²) < 4.78 is 2.20. The van der Waals surface area contributed by atoms with Gasteiger partial charge in [0.1, 0.15) is 0 Å². The number of hydrogen-bond acceptors (Lipinski definition) is 1. The quantitative estimate of drug-likeness (QED) is 0.213. The maximum absolute atomic E-state index is 5.37. The van der Waals surface area contributed by atoms with Gasteiger partial charge in [0.15, 0.2) is 0 Å². The van der Waals surface area contributed by atoms with E-state index in [1.165, 1.54) is 44.5 Å². The molecule has 0 unspecified atom stereocenters. The van der Waals surface area contributed by atoms with Crippen LogP contribution in [0.5, 0.6) is 0 Å². The summed E-state index contributed by atoms with van der Waals surface area (Å²) in [4.78, 5) is 0. The molecule has 0 bridgehead atoms. The van der Waals surface area contributed by atoms with Crippen LogP contribution in [0.25, 0.3) is 29.1 Å². The van der Waals surface area contributed by atoms with Crippen molar-refractivity contribution < 1.29 is 0 Å². The molecule has 1 heterocycles. The molecule has 0 aliphatic rings. The van der Waals surface area contributed by atoms with Gasteiger partial charge in [-0.15, -0.1) is 0 Å². The zero-order valence-corrected chi connectivity index (χ0v) is 34.3. The lowest BCUT2D eigenvalue weighted by Crippen LogP contribution is -2.18. The van der Waals surface area contributed by atoms with Crippen LogP contribution >= 0.6 is 0 Å². The van der Waals surface area contributed by atoms with Crippen molar-refractivity contribution in [3.63, 3.8) is 0 Å². The van der Waals surface area contributed by atoms with Gasteiger partial charge in [0.2, 0.25) is 0 Å². The van der Waals surface area contributed by atoms with Crippen molar-refractivity contribution in [1.82, 2.24) is 9.78 Å². The SMILES string of the molecule is CC(C)(C)c1cc(C=Cc2cc(-c3cc(C(C)(C)C)cc(C(C)(C)C)c3)n(-c3cc(C(C)(C)C)cc(C(C)(C)C)c3)n2)cc(C(C)(C)C)c1. The fourth-order valence-electron chi connectivity index (χ4n) is 5.92. The Morgan fingerprint density at radius 1 is 0.388 bits per heavy atom. The third-order valence-electron chi connectivity index (χ3n) is 9.72. The number of aromatic nitrogens is 2. The van der Waals surface area contributed by atoms with Crippen LogP contribution < -0.4 is 0 Å². The van der Waals surface area contributed by atoms with Crippen molar-refractivity contribution in [1.29, 1.82) is 0 Å². The lowest BCUT2D eigenvalue weighted by Gasteiger charge is -2.27. The van der Waals surface area contributed by atoms with Crippen molar-refractivity contribution in [3.05, 3.63) is 105 Å². The monoisotopic (exact) mass is 659 g/mol. The Balaban J connectivity index is 2.03. The van der Waals surface area contributed by atoms with Crippen LogP contribution in [0.3, 0.4) is 0 Å². The molecule has 0 saturated carbocycles. The topological polar surface area (TPSA) is 17.8 Å². The highest BCUT2D eigenvalue weighted by atomic mass is 15.3. The smallest absolute Gasteiger partial charge is 0.0862 e. The number of benzene rings is 3. The number of hydrogen-bond donors (Lipinski definition) is 0. The van der Waals surface area contributed by atoms with E-state index in [1.807, 2.05) is 0 Å². The molecule has 4 aromatic rings. The molecule has 2 nitrogen and oxygen atoms in total. The maximum atomic E-state index is 5.37. The Morgan fingerprint density at radius 2 is 0.714 bits per heavy atom. The largest absolute Gasteiger partial charge is 0.232 e.